The van der Waals surface area contributed by atoms with E-state index in [1.165, 1.54) is 38.2 Å². The molecule has 3 heteroatoms. The Morgan fingerprint density at radius 3 is 2.27 bits per heavy atom. The van der Waals surface area contributed by atoms with Gasteiger partial charge in [-0.2, -0.15) is 0 Å². The molecule has 1 N–H and O–H groups in total. The highest BCUT2D eigenvalue weighted by atomic mass is 16.4. The summed E-state index contributed by atoms with van der Waals surface area (Å²) in [6, 6.07) is 0. The second-order valence-electron chi connectivity index (χ2n) is 4.37. The summed E-state index contributed by atoms with van der Waals surface area (Å²) in [4.78, 5) is 12.8. The Bertz CT molecular complexity index is 228. The lowest BCUT2D eigenvalue weighted by molar-refractivity contribution is -0.131. The van der Waals surface area contributed by atoms with E-state index in [0.29, 0.717) is 0 Å². The van der Waals surface area contributed by atoms with Gasteiger partial charge < -0.3 is 5.11 Å². The van der Waals surface area contributed by atoms with E-state index in [9.17, 15) is 4.79 Å². The number of rotatable bonds is 3. The summed E-state index contributed by atoms with van der Waals surface area (Å²) < 4.78 is 0. The zero-order valence-corrected chi connectivity index (χ0v) is 9.54. The summed E-state index contributed by atoms with van der Waals surface area (Å²) in [5.41, 5.74) is 0.947. The van der Waals surface area contributed by atoms with Crippen molar-refractivity contribution in [3.63, 3.8) is 0 Å². The van der Waals surface area contributed by atoms with Crippen LogP contribution in [0.5, 0.6) is 0 Å². The summed E-state index contributed by atoms with van der Waals surface area (Å²) in [7, 11) is 0. The number of carboxylic acids is 1. The second kappa shape index (κ2) is 6.62. The second-order valence-corrected chi connectivity index (χ2v) is 4.37. The smallest absolute Gasteiger partial charge is 0.328 e. The minimum Gasteiger partial charge on any atom is -0.478 e. The topological polar surface area (TPSA) is 40.5 Å². The van der Waals surface area contributed by atoms with Crippen molar-refractivity contribution < 1.29 is 9.90 Å². The number of nitrogens with zero attached hydrogens (tertiary/aromatic N) is 1. The minimum atomic E-state index is -0.834. The molecule has 0 atom stereocenters. The van der Waals surface area contributed by atoms with Gasteiger partial charge in [-0.3, -0.25) is 4.90 Å². The molecular weight excluding hydrogens is 190 g/mol. The standard InChI is InChI=1S/C12H21NO2/c1-11(9-12(14)15)10-13-7-5-3-2-4-6-8-13/h9H,2-8,10H2,1H3,(H,14,15)/b11-9+. The normalized spacial score (nSPS) is 20.7. The van der Waals surface area contributed by atoms with E-state index in [-0.39, 0.29) is 0 Å². The molecule has 0 bridgehead atoms. The summed E-state index contributed by atoms with van der Waals surface area (Å²) in [5, 5.41) is 8.62. The monoisotopic (exact) mass is 211 g/mol. The van der Waals surface area contributed by atoms with Crippen molar-refractivity contribution in [1.82, 2.24) is 4.90 Å². The van der Waals surface area contributed by atoms with Crippen LogP contribution in [0.2, 0.25) is 0 Å². The van der Waals surface area contributed by atoms with Crippen molar-refractivity contribution in [3.05, 3.63) is 11.6 Å². The van der Waals surface area contributed by atoms with Crippen LogP contribution in [0.1, 0.15) is 39.0 Å². The maximum atomic E-state index is 10.5. The Balaban J connectivity index is 2.37. The maximum Gasteiger partial charge on any atom is 0.328 e. The molecule has 15 heavy (non-hydrogen) atoms. The highest BCUT2D eigenvalue weighted by Crippen LogP contribution is 2.11. The molecular formula is C12H21NO2. The summed E-state index contributed by atoms with van der Waals surface area (Å²) >= 11 is 0. The van der Waals surface area contributed by atoms with Gasteiger partial charge in [0.15, 0.2) is 0 Å². The Kier molecular flexibility index (Phi) is 5.40. The molecule has 1 heterocycles. The van der Waals surface area contributed by atoms with Crippen LogP contribution in [-0.2, 0) is 4.79 Å². The Hall–Kier alpha value is -0.830. The molecule has 0 spiro atoms. The first-order valence-corrected chi connectivity index (χ1v) is 5.81. The van der Waals surface area contributed by atoms with Crippen molar-refractivity contribution in [2.75, 3.05) is 19.6 Å². The van der Waals surface area contributed by atoms with Gasteiger partial charge in [-0.1, -0.05) is 24.8 Å². The van der Waals surface area contributed by atoms with Gasteiger partial charge >= 0.3 is 5.97 Å². The third-order valence-electron chi connectivity index (χ3n) is 2.79. The number of likely N-dealkylation sites (tertiary alicyclic amines) is 1. The molecule has 1 rings (SSSR count). The average molecular weight is 211 g/mol. The van der Waals surface area contributed by atoms with Gasteiger partial charge in [-0.15, -0.1) is 0 Å². The van der Waals surface area contributed by atoms with Crippen molar-refractivity contribution in [2.45, 2.75) is 39.0 Å². The highest BCUT2D eigenvalue weighted by molar-refractivity contribution is 5.80. The summed E-state index contributed by atoms with van der Waals surface area (Å²) in [6.07, 6.45) is 7.81. The number of carbonyl (C=O) groups is 1. The Morgan fingerprint density at radius 2 is 1.73 bits per heavy atom. The maximum absolute atomic E-state index is 10.5. The molecule has 1 fully saturated rings. The van der Waals surface area contributed by atoms with E-state index in [0.717, 1.165) is 25.2 Å². The molecule has 3 nitrogen and oxygen atoms in total. The van der Waals surface area contributed by atoms with Crippen LogP contribution in [0.4, 0.5) is 0 Å². The number of hydrogen-bond donors (Lipinski definition) is 1. The molecule has 86 valence electrons. The number of aliphatic carboxylic acids is 1. The van der Waals surface area contributed by atoms with Gasteiger partial charge in [0.1, 0.15) is 0 Å². The van der Waals surface area contributed by atoms with Gasteiger partial charge in [0.25, 0.3) is 0 Å². The van der Waals surface area contributed by atoms with E-state index < -0.39 is 5.97 Å². The molecule has 0 aliphatic carbocycles. The van der Waals surface area contributed by atoms with Crippen LogP contribution < -0.4 is 0 Å². The van der Waals surface area contributed by atoms with Gasteiger partial charge in [0.2, 0.25) is 0 Å². The van der Waals surface area contributed by atoms with Crippen LogP contribution in [0.3, 0.4) is 0 Å². The first kappa shape index (κ1) is 12.2. The lowest BCUT2D eigenvalue weighted by atomic mass is 10.1. The fourth-order valence-electron chi connectivity index (χ4n) is 2.08. The first-order valence-electron chi connectivity index (χ1n) is 5.81. The Morgan fingerprint density at radius 1 is 1.20 bits per heavy atom. The molecule has 1 aliphatic heterocycles. The predicted molar refractivity (Wildman–Crippen MR) is 60.9 cm³/mol. The Labute approximate surface area is 91.8 Å². The molecule has 1 saturated heterocycles. The fourth-order valence-corrected chi connectivity index (χ4v) is 2.08. The zero-order valence-electron chi connectivity index (χ0n) is 9.54. The van der Waals surface area contributed by atoms with Crippen molar-refractivity contribution >= 4 is 5.97 Å². The average Bonchev–Trinajstić information content (AvgIpc) is 2.08. The lowest BCUT2D eigenvalue weighted by Crippen LogP contribution is -2.29. The van der Waals surface area contributed by atoms with Crippen molar-refractivity contribution in [3.8, 4) is 0 Å². The predicted octanol–water partition coefficient (Wildman–Crippen LogP) is 2.28. The molecule has 0 aromatic heterocycles. The molecule has 0 unspecified atom stereocenters. The minimum absolute atomic E-state index is 0.812. The van der Waals surface area contributed by atoms with Crippen molar-refractivity contribution in [2.24, 2.45) is 0 Å². The third kappa shape index (κ3) is 5.57. The third-order valence-corrected chi connectivity index (χ3v) is 2.79. The molecule has 0 saturated carbocycles. The molecule has 1 aliphatic rings. The summed E-state index contributed by atoms with van der Waals surface area (Å²) in [6.45, 7) is 4.94. The molecule has 0 aromatic carbocycles. The van der Waals surface area contributed by atoms with E-state index in [4.69, 9.17) is 5.11 Å². The largest absolute Gasteiger partial charge is 0.478 e. The van der Waals surface area contributed by atoms with Crippen LogP contribution in [0.25, 0.3) is 0 Å². The van der Waals surface area contributed by atoms with Crippen LogP contribution in [-0.4, -0.2) is 35.6 Å². The molecule has 0 radical (unpaired) electrons. The highest BCUT2D eigenvalue weighted by Gasteiger charge is 2.08. The van der Waals surface area contributed by atoms with E-state index in [2.05, 4.69) is 4.90 Å². The molecule has 0 amide bonds. The van der Waals surface area contributed by atoms with E-state index >= 15 is 0 Å². The van der Waals surface area contributed by atoms with Crippen molar-refractivity contribution in [1.29, 1.82) is 0 Å². The summed E-state index contributed by atoms with van der Waals surface area (Å²) in [5.74, 6) is -0.834. The van der Waals surface area contributed by atoms with Crippen LogP contribution in [0.15, 0.2) is 11.6 Å². The zero-order chi connectivity index (χ0) is 11.1. The van der Waals surface area contributed by atoms with E-state index in [1.807, 2.05) is 6.92 Å². The van der Waals surface area contributed by atoms with Gasteiger partial charge in [0, 0.05) is 12.6 Å². The van der Waals surface area contributed by atoms with Gasteiger partial charge in [-0.05, 0) is 32.9 Å². The first-order chi connectivity index (χ1) is 7.18. The number of carboxylic acid groups (broad SMARTS) is 1. The van der Waals surface area contributed by atoms with Crippen LogP contribution >= 0.6 is 0 Å². The molecule has 0 aromatic rings. The fraction of sp³-hybridized carbons (Fsp3) is 0.750. The van der Waals surface area contributed by atoms with Gasteiger partial charge in [-0.25, -0.2) is 4.79 Å². The quantitative estimate of drug-likeness (QED) is 0.728. The number of hydrogen-bond acceptors (Lipinski definition) is 2. The SMILES string of the molecule is C/C(=C\C(=O)O)CN1CCCCCCC1. The van der Waals surface area contributed by atoms with Crippen LogP contribution in [0, 0.1) is 0 Å². The lowest BCUT2D eigenvalue weighted by Gasteiger charge is -2.24. The van der Waals surface area contributed by atoms with Gasteiger partial charge in [0.05, 0.1) is 0 Å². The van der Waals surface area contributed by atoms with E-state index in [1.54, 1.807) is 0 Å².